The van der Waals surface area contributed by atoms with Gasteiger partial charge < -0.3 is 15.5 Å². The van der Waals surface area contributed by atoms with Crippen LogP contribution in [0, 0.1) is 12.3 Å². The van der Waals surface area contributed by atoms with E-state index in [4.69, 9.17) is 16.6 Å². The molecule has 5 nitrogen and oxygen atoms in total. The van der Waals surface area contributed by atoms with Crippen LogP contribution in [0.3, 0.4) is 0 Å². The molecule has 0 aliphatic carbocycles. The largest absolute Gasteiger partial charge is 0.480 e. The minimum absolute atomic E-state index is 0.00285. The number of aliphatic carboxylic acids is 1. The van der Waals surface area contributed by atoms with Crippen molar-refractivity contribution in [3.8, 4) is 12.3 Å². The topological polar surface area (TPSA) is 86.6 Å². The second-order valence-electron chi connectivity index (χ2n) is 2.67. The van der Waals surface area contributed by atoms with E-state index in [-0.39, 0.29) is 25.9 Å². The summed E-state index contributed by atoms with van der Waals surface area (Å²) in [4.78, 5) is 21.6. The van der Waals surface area contributed by atoms with E-state index < -0.39 is 17.9 Å². The number of hydrogen-bond acceptors (Lipinski definition) is 3. The number of aliphatic hydroxyl groups is 1. The Labute approximate surface area is 82.1 Å². The summed E-state index contributed by atoms with van der Waals surface area (Å²) in [6.45, 7) is -0.285. The molecule has 14 heavy (non-hydrogen) atoms. The summed E-state index contributed by atoms with van der Waals surface area (Å²) in [5, 5.41) is 19.4. The predicted octanol–water partition coefficient (Wildman–Crippen LogP) is -0.648. The van der Waals surface area contributed by atoms with Gasteiger partial charge in [0.1, 0.15) is 6.04 Å². The zero-order valence-corrected chi connectivity index (χ0v) is 7.69. The van der Waals surface area contributed by atoms with Crippen LogP contribution in [0.2, 0.25) is 0 Å². The van der Waals surface area contributed by atoms with Gasteiger partial charge in [0.2, 0.25) is 5.91 Å². The average Bonchev–Trinajstić information content (AvgIpc) is 2.14. The van der Waals surface area contributed by atoms with Gasteiger partial charge in [0.25, 0.3) is 0 Å². The molecule has 0 heterocycles. The zero-order chi connectivity index (χ0) is 11.0. The molecular formula is C9H13NO4. The molecule has 0 aliphatic heterocycles. The maximum Gasteiger partial charge on any atom is 0.326 e. The first-order chi connectivity index (χ1) is 6.61. The van der Waals surface area contributed by atoms with Crippen LogP contribution in [-0.2, 0) is 9.59 Å². The third-order valence-electron chi connectivity index (χ3n) is 1.55. The lowest BCUT2D eigenvalue weighted by molar-refractivity contribution is -0.142. The lowest BCUT2D eigenvalue weighted by atomic mass is 10.2. The van der Waals surface area contributed by atoms with E-state index in [1.54, 1.807) is 0 Å². The molecule has 3 N–H and O–H groups in total. The molecule has 0 bridgehead atoms. The van der Waals surface area contributed by atoms with Crippen LogP contribution in [0.15, 0.2) is 0 Å². The van der Waals surface area contributed by atoms with Crippen LogP contribution in [0.5, 0.6) is 0 Å². The number of amides is 1. The quantitative estimate of drug-likeness (QED) is 0.496. The molecule has 0 saturated carbocycles. The van der Waals surface area contributed by atoms with Gasteiger partial charge in [-0.3, -0.25) is 4.79 Å². The molecule has 5 heteroatoms. The number of carbonyl (C=O) groups excluding carboxylic acids is 1. The van der Waals surface area contributed by atoms with Gasteiger partial charge in [-0.2, -0.15) is 0 Å². The van der Waals surface area contributed by atoms with E-state index in [0.717, 1.165) is 0 Å². The number of aliphatic hydroxyl groups excluding tert-OH is 1. The maximum absolute atomic E-state index is 11.0. The number of rotatable bonds is 6. The van der Waals surface area contributed by atoms with Crippen LogP contribution in [0.1, 0.15) is 19.3 Å². The fraction of sp³-hybridized carbons (Fsp3) is 0.556. The summed E-state index contributed by atoms with van der Waals surface area (Å²) in [5.74, 6) is 0.703. The number of carboxylic acid groups (broad SMARTS) is 1. The van der Waals surface area contributed by atoms with Crippen LogP contribution < -0.4 is 5.32 Å². The summed E-state index contributed by atoms with van der Waals surface area (Å²) in [6.07, 6.45) is 5.31. The van der Waals surface area contributed by atoms with Crippen molar-refractivity contribution in [3.05, 3.63) is 0 Å². The summed E-state index contributed by atoms with van der Waals surface area (Å²) in [5.41, 5.74) is 0. The Hall–Kier alpha value is -1.54. The molecule has 0 saturated heterocycles. The van der Waals surface area contributed by atoms with E-state index in [2.05, 4.69) is 11.2 Å². The van der Waals surface area contributed by atoms with Gasteiger partial charge in [0.15, 0.2) is 0 Å². The summed E-state index contributed by atoms with van der Waals surface area (Å²) in [7, 11) is 0. The molecule has 1 amide bonds. The fourth-order valence-corrected chi connectivity index (χ4v) is 0.839. The standard InChI is InChI=1S/C9H13NO4/c1-2-3-4-8(12)10-7(5-6-11)9(13)14/h1,7,11H,3-6H2,(H,10,12)(H,13,14). The molecule has 0 rings (SSSR count). The monoisotopic (exact) mass is 199 g/mol. The molecule has 0 radical (unpaired) electrons. The molecule has 0 aromatic heterocycles. The van der Waals surface area contributed by atoms with Crippen LogP contribution in [-0.4, -0.2) is 34.7 Å². The Morgan fingerprint density at radius 2 is 2.14 bits per heavy atom. The third-order valence-corrected chi connectivity index (χ3v) is 1.55. The van der Waals surface area contributed by atoms with Gasteiger partial charge in [0.05, 0.1) is 0 Å². The predicted molar refractivity (Wildman–Crippen MR) is 49.3 cm³/mol. The van der Waals surface area contributed by atoms with E-state index in [0.29, 0.717) is 0 Å². The van der Waals surface area contributed by atoms with Gasteiger partial charge in [-0.1, -0.05) is 0 Å². The van der Waals surface area contributed by atoms with Crippen LogP contribution in [0.25, 0.3) is 0 Å². The minimum Gasteiger partial charge on any atom is -0.480 e. The molecule has 1 unspecified atom stereocenters. The van der Waals surface area contributed by atoms with Gasteiger partial charge in [-0.05, 0) is 0 Å². The summed E-state index contributed by atoms with van der Waals surface area (Å²) < 4.78 is 0. The molecule has 0 fully saturated rings. The Balaban J connectivity index is 3.97. The second kappa shape index (κ2) is 6.92. The van der Waals surface area contributed by atoms with Crippen molar-refractivity contribution in [1.82, 2.24) is 5.32 Å². The van der Waals surface area contributed by atoms with E-state index in [9.17, 15) is 9.59 Å². The summed E-state index contributed by atoms with van der Waals surface area (Å²) >= 11 is 0. The minimum atomic E-state index is -1.16. The van der Waals surface area contributed by atoms with Crippen molar-refractivity contribution in [2.45, 2.75) is 25.3 Å². The smallest absolute Gasteiger partial charge is 0.326 e. The van der Waals surface area contributed by atoms with E-state index in [1.165, 1.54) is 0 Å². The zero-order valence-electron chi connectivity index (χ0n) is 7.69. The van der Waals surface area contributed by atoms with E-state index in [1.807, 2.05) is 0 Å². The number of hydrogen-bond donors (Lipinski definition) is 3. The highest BCUT2D eigenvalue weighted by Crippen LogP contribution is 1.94. The lowest BCUT2D eigenvalue weighted by Gasteiger charge is -2.12. The Morgan fingerprint density at radius 3 is 2.57 bits per heavy atom. The first-order valence-electron chi connectivity index (χ1n) is 4.18. The highest BCUT2D eigenvalue weighted by Gasteiger charge is 2.18. The van der Waals surface area contributed by atoms with E-state index >= 15 is 0 Å². The molecule has 78 valence electrons. The molecular weight excluding hydrogens is 186 g/mol. The SMILES string of the molecule is C#CCCC(=O)NC(CCO)C(=O)O. The normalized spacial score (nSPS) is 11.4. The number of carboxylic acids is 1. The van der Waals surface area contributed by atoms with Gasteiger partial charge in [-0.25, -0.2) is 4.79 Å². The van der Waals surface area contributed by atoms with Gasteiger partial charge >= 0.3 is 5.97 Å². The molecule has 0 aliphatic rings. The molecule has 0 aromatic carbocycles. The Kier molecular flexibility index (Phi) is 6.16. The first-order valence-corrected chi connectivity index (χ1v) is 4.18. The number of nitrogens with one attached hydrogen (secondary N) is 1. The molecule has 0 aromatic rings. The second-order valence-corrected chi connectivity index (χ2v) is 2.67. The van der Waals surface area contributed by atoms with Crippen LogP contribution in [0.4, 0.5) is 0 Å². The van der Waals surface area contributed by atoms with Crippen molar-refractivity contribution >= 4 is 11.9 Å². The van der Waals surface area contributed by atoms with Crippen LogP contribution >= 0.6 is 0 Å². The van der Waals surface area contributed by atoms with Crippen molar-refractivity contribution in [2.24, 2.45) is 0 Å². The number of carbonyl (C=O) groups is 2. The van der Waals surface area contributed by atoms with Crippen molar-refractivity contribution in [2.75, 3.05) is 6.61 Å². The Bertz CT molecular complexity index is 244. The lowest BCUT2D eigenvalue weighted by Crippen LogP contribution is -2.41. The van der Waals surface area contributed by atoms with Crippen molar-refractivity contribution in [1.29, 1.82) is 0 Å². The van der Waals surface area contributed by atoms with Gasteiger partial charge in [-0.15, -0.1) is 12.3 Å². The first kappa shape index (κ1) is 12.5. The molecule has 0 spiro atoms. The van der Waals surface area contributed by atoms with Gasteiger partial charge in [0, 0.05) is 25.9 Å². The van der Waals surface area contributed by atoms with Crippen molar-refractivity contribution < 1.29 is 19.8 Å². The average molecular weight is 199 g/mol. The maximum atomic E-state index is 11.0. The summed E-state index contributed by atoms with van der Waals surface area (Å²) in [6, 6.07) is -1.04. The highest BCUT2D eigenvalue weighted by atomic mass is 16.4. The number of terminal acetylenes is 1. The Morgan fingerprint density at radius 1 is 1.50 bits per heavy atom. The third kappa shape index (κ3) is 5.17. The van der Waals surface area contributed by atoms with Crippen molar-refractivity contribution in [3.63, 3.8) is 0 Å². The highest BCUT2D eigenvalue weighted by molar-refractivity contribution is 5.83. The molecule has 1 atom stereocenters. The fourth-order valence-electron chi connectivity index (χ4n) is 0.839.